The Labute approximate surface area is 114 Å². The van der Waals surface area contributed by atoms with Gasteiger partial charge in [0, 0.05) is 12.2 Å². The highest BCUT2D eigenvalue weighted by molar-refractivity contribution is 5.89. The number of aliphatic hydroxyl groups is 1. The number of urea groups is 1. The molecular formula is C14H23N3O2. The van der Waals surface area contributed by atoms with Crippen LogP contribution in [0.4, 0.5) is 10.5 Å². The fraction of sp³-hybridized carbons (Fsp3) is 0.500. The molecule has 1 rings (SSSR count). The van der Waals surface area contributed by atoms with Crippen LogP contribution in [0.5, 0.6) is 0 Å². The first-order chi connectivity index (χ1) is 8.99. The van der Waals surface area contributed by atoms with E-state index in [4.69, 9.17) is 0 Å². The standard InChI is InChI=1S/C14H23N3O2/c1-11(18)12-6-4-7-13(10-12)16-14(19)15-8-5-9-17(2)3/h4,6-7,10-11,18H,5,8-9H2,1-3H3,(H2,15,16,19). The Hall–Kier alpha value is -1.59. The van der Waals surface area contributed by atoms with Crippen molar-refractivity contribution in [2.45, 2.75) is 19.4 Å². The van der Waals surface area contributed by atoms with Crippen molar-refractivity contribution in [1.82, 2.24) is 10.2 Å². The number of anilines is 1. The van der Waals surface area contributed by atoms with E-state index in [-0.39, 0.29) is 6.03 Å². The van der Waals surface area contributed by atoms with E-state index in [1.807, 2.05) is 26.2 Å². The summed E-state index contributed by atoms with van der Waals surface area (Å²) in [5.74, 6) is 0. The zero-order valence-electron chi connectivity index (χ0n) is 11.8. The Balaban J connectivity index is 2.37. The number of aliphatic hydroxyl groups excluding tert-OH is 1. The number of hydrogen-bond donors (Lipinski definition) is 3. The molecule has 0 aliphatic carbocycles. The third kappa shape index (κ3) is 6.22. The molecular weight excluding hydrogens is 242 g/mol. The van der Waals surface area contributed by atoms with Gasteiger partial charge in [0.05, 0.1) is 6.10 Å². The van der Waals surface area contributed by atoms with Crippen LogP contribution in [-0.2, 0) is 0 Å². The minimum absolute atomic E-state index is 0.221. The highest BCUT2D eigenvalue weighted by Gasteiger charge is 2.04. The molecule has 1 aromatic carbocycles. The van der Waals surface area contributed by atoms with Crippen LogP contribution in [-0.4, -0.2) is 43.2 Å². The zero-order valence-corrected chi connectivity index (χ0v) is 11.8. The maximum Gasteiger partial charge on any atom is 0.319 e. The largest absolute Gasteiger partial charge is 0.389 e. The van der Waals surface area contributed by atoms with Gasteiger partial charge in [-0.15, -0.1) is 0 Å². The van der Waals surface area contributed by atoms with E-state index in [1.54, 1.807) is 19.1 Å². The highest BCUT2D eigenvalue weighted by Crippen LogP contribution is 2.16. The van der Waals surface area contributed by atoms with Crippen molar-refractivity contribution < 1.29 is 9.90 Å². The molecule has 0 aromatic heterocycles. The van der Waals surface area contributed by atoms with Crippen LogP contribution in [0.3, 0.4) is 0 Å². The molecule has 1 aromatic rings. The average Bonchev–Trinajstić information content (AvgIpc) is 2.34. The van der Waals surface area contributed by atoms with Crippen molar-refractivity contribution in [3.8, 4) is 0 Å². The second-order valence-electron chi connectivity index (χ2n) is 4.84. The van der Waals surface area contributed by atoms with Crippen molar-refractivity contribution in [3.63, 3.8) is 0 Å². The van der Waals surface area contributed by atoms with E-state index in [0.717, 1.165) is 18.5 Å². The lowest BCUT2D eigenvalue weighted by atomic mass is 10.1. The van der Waals surface area contributed by atoms with Gasteiger partial charge in [0.2, 0.25) is 0 Å². The van der Waals surface area contributed by atoms with Crippen LogP contribution < -0.4 is 10.6 Å². The summed E-state index contributed by atoms with van der Waals surface area (Å²) in [6.45, 7) is 3.28. The number of carbonyl (C=O) groups excluding carboxylic acids is 1. The Morgan fingerprint density at radius 3 is 2.79 bits per heavy atom. The minimum Gasteiger partial charge on any atom is -0.389 e. The van der Waals surface area contributed by atoms with Crippen LogP contribution in [0.15, 0.2) is 24.3 Å². The predicted octanol–water partition coefficient (Wildman–Crippen LogP) is 1.81. The quantitative estimate of drug-likeness (QED) is 0.687. The molecule has 1 unspecified atom stereocenters. The van der Waals surface area contributed by atoms with Gasteiger partial charge in [0.15, 0.2) is 0 Å². The van der Waals surface area contributed by atoms with E-state index in [1.165, 1.54) is 0 Å². The summed E-state index contributed by atoms with van der Waals surface area (Å²) in [6.07, 6.45) is 0.374. The van der Waals surface area contributed by atoms with Gasteiger partial charge in [-0.05, 0) is 51.7 Å². The van der Waals surface area contributed by atoms with Gasteiger partial charge < -0.3 is 20.6 Å². The topological polar surface area (TPSA) is 64.6 Å². The maximum absolute atomic E-state index is 11.6. The second-order valence-corrected chi connectivity index (χ2v) is 4.84. The molecule has 106 valence electrons. The molecule has 3 N–H and O–H groups in total. The summed E-state index contributed by atoms with van der Waals surface area (Å²) in [5.41, 5.74) is 1.47. The predicted molar refractivity (Wildman–Crippen MR) is 77.3 cm³/mol. The van der Waals surface area contributed by atoms with Crippen LogP contribution in [0.1, 0.15) is 25.0 Å². The average molecular weight is 265 g/mol. The smallest absolute Gasteiger partial charge is 0.319 e. The van der Waals surface area contributed by atoms with Crippen LogP contribution in [0.25, 0.3) is 0 Å². The highest BCUT2D eigenvalue weighted by atomic mass is 16.3. The molecule has 0 saturated heterocycles. The van der Waals surface area contributed by atoms with Crippen LogP contribution >= 0.6 is 0 Å². The lowest BCUT2D eigenvalue weighted by molar-refractivity contribution is 0.199. The minimum atomic E-state index is -0.537. The molecule has 0 bridgehead atoms. The van der Waals surface area contributed by atoms with E-state index >= 15 is 0 Å². The van der Waals surface area contributed by atoms with E-state index in [0.29, 0.717) is 12.2 Å². The number of carbonyl (C=O) groups is 1. The van der Waals surface area contributed by atoms with Gasteiger partial charge in [0.25, 0.3) is 0 Å². The molecule has 0 fully saturated rings. The Morgan fingerprint density at radius 1 is 1.42 bits per heavy atom. The van der Waals surface area contributed by atoms with Gasteiger partial charge in [-0.25, -0.2) is 4.79 Å². The lowest BCUT2D eigenvalue weighted by Crippen LogP contribution is -2.31. The van der Waals surface area contributed by atoms with E-state index in [2.05, 4.69) is 15.5 Å². The number of amides is 2. The molecule has 0 heterocycles. The van der Waals surface area contributed by atoms with Crippen LogP contribution in [0.2, 0.25) is 0 Å². The van der Waals surface area contributed by atoms with Gasteiger partial charge >= 0.3 is 6.03 Å². The summed E-state index contributed by atoms with van der Waals surface area (Å²) in [4.78, 5) is 13.7. The van der Waals surface area contributed by atoms with E-state index in [9.17, 15) is 9.90 Å². The number of benzene rings is 1. The normalized spacial score (nSPS) is 12.3. The fourth-order valence-corrected chi connectivity index (χ4v) is 1.65. The van der Waals surface area contributed by atoms with Crippen molar-refractivity contribution in [2.75, 3.05) is 32.5 Å². The molecule has 0 aliphatic rings. The van der Waals surface area contributed by atoms with Gasteiger partial charge in [-0.2, -0.15) is 0 Å². The van der Waals surface area contributed by atoms with Gasteiger partial charge in [-0.1, -0.05) is 12.1 Å². The summed E-state index contributed by atoms with van der Waals surface area (Å²) in [7, 11) is 4.00. The molecule has 5 nitrogen and oxygen atoms in total. The fourth-order valence-electron chi connectivity index (χ4n) is 1.65. The second kappa shape index (κ2) is 7.76. The summed E-state index contributed by atoms with van der Waals surface area (Å²) in [6, 6.07) is 6.98. The number of hydrogen-bond acceptors (Lipinski definition) is 3. The summed E-state index contributed by atoms with van der Waals surface area (Å²) < 4.78 is 0. The lowest BCUT2D eigenvalue weighted by Gasteiger charge is -2.11. The first-order valence-electron chi connectivity index (χ1n) is 6.46. The zero-order chi connectivity index (χ0) is 14.3. The number of nitrogens with zero attached hydrogens (tertiary/aromatic N) is 1. The van der Waals surface area contributed by atoms with Crippen molar-refractivity contribution in [1.29, 1.82) is 0 Å². The molecule has 5 heteroatoms. The first kappa shape index (κ1) is 15.5. The Kier molecular flexibility index (Phi) is 6.32. The number of nitrogens with one attached hydrogen (secondary N) is 2. The SMILES string of the molecule is CC(O)c1cccc(NC(=O)NCCCN(C)C)c1. The van der Waals surface area contributed by atoms with Crippen LogP contribution in [0, 0.1) is 0 Å². The third-order valence-corrected chi connectivity index (χ3v) is 2.69. The molecule has 0 saturated carbocycles. The summed E-state index contributed by atoms with van der Waals surface area (Å²) in [5, 5.41) is 15.0. The van der Waals surface area contributed by atoms with Crippen molar-refractivity contribution in [3.05, 3.63) is 29.8 Å². The van der Waals surface area contributed by atoms with Gasteiger partial charge in [0.1, 0.15) is 0 Å². The van der Waals surface area contributed by atoms with Crippen molar-refractivity contribution in [2.24, 2.45) is 0 Å². The molecule has 1 atom stereocenters. The van der Waals surface area contributed by atoms with E-state index < -0.39 is 6.10 Å². The maximum atomic E-state index is 11.6. The molecule has 0 radical (unpaired) electrons. The first-order valence-corrected chi connectivity index (χ1v) is 6.46. The number of rotatable bonds is 6. The Morgan fingerprint density at radius 2 is 2.16 bits per heavy atom. The van der Waals surface area contributed by atoms with Crippen molar-refractivity contribution >= 4 is 11.7 Å². The molecule has 19 heavy (non-hydrogen) atoms. The monoisotopic (exact) mass is 265 g/mol. The molecule has 0 spiro atoms. The Bertz CT molecular complexity index is 405. The molecule has 0 aliphatic heterocycles. The summed E-state index contributed by atoms with van der Waals surface area (Å²) >= 11 is 0. The third-order valence-electron chi connectivity index (χ3n) is 2.69. The van der Waals surface area contributed by atoms with Gasteiger partial charge in [-0.3, -0.25) is 0 Å². The molecule has 2 amide bonds.